The van der Waals surface area contributed by atoms with Crippen molar-refractivity contribution in [3.63, 3.8) is 0 Å². The molecular formula is C13H16FN3O2S. The molecule has 0 aliphatic heterocycles. The molecule has 20 heavy (non-hydrogen) atoms. The van der Waals surface area contributed by atoms with E-state index in [1.54, 1.807) is 31.0 Å². The number of halogens is 1. The maximum Gasteiger partial charge on any atom is 0.149 e. The van der Waals surface area contributed by atoms with Crippen LogP contribution in [0.15, 0.2) is 24.5 Å². The number of hydrogen-bond acceptors (Lipinski definition) is 5. The minimum Gasteiger partial charge on any atom is -0.355 e. The van der Waals surface area contributed by atoms with Crippen molar-refractivity contribution >= 4 is 26.6 Å². The quantitative estimate of drug-likeness (QED) is 0.858. The summed E-state index contributed by atoms with van der Waals surface area (Å²) in [4.78, 5) is 9.78. The van der Waals surface area contributed by atoms with E-state index >= 15 is 0 Å². The van der Waals surface area contributed by atoms with E-state index in [0.29, 0.717) is 16.7 Å². The van der Waals surface area contributed by atoms with Gasteiger partial charge in [0.05, 0.1) is 16.7 Å². The highest BCUT2D eigenvalue weighted by molar-refractivity contribution is 7.90. The Kier molecular flexibility index (Phi) is 3.89. The summed E-state index contributed by atoms with van der Waals surface area (Å²) in [6, 6.07) is 4.29. The van der Waals surface area contributed by atoms with Gasteiger partial charge in [0.1, 0.15) is 27.8 Å². The molecule has 0 saturated heterocycles. The molecule has 0 spiro atoms. The van der Waals surface area contributed by atoms with Gasteiger partial charge < -0.3 is 4.90 Å². The molecular weight excluding hydrogens is 281 g/mol. The van der Waals surface area contributed by atoms with Gasteiger partial charge in [-0.2, -0.15) is 0 Å². The lowest BCUT2D eigenvalue weighted by Crippen LogP contribution is -2.35. The Morgan fingerprint density at radius 3 is 2.70 bits per heavy atom. The minimum absolute atomic E-state index is 0.0244. The third kappa shape index (κ3) is 3.04. The van der Waals surface area contributed by atoms with Crippen LogP contribution in [0.4, 0.5) is 10.2 Å². The summed E-state index contributed by atoms with van der Waals surface area (Å²) in [6.45, 7) is 1.76. The van der Waals surface area contributed by atoms with Gasteiger partial charge in [-0.05, 0) is 19.1 Å². The molecule has 1 aromatic carbocycles. The summed E-state index contributed by atoms with van der Waals surface area (Å²) in [5.41, 5.74) is 0.494. The topological polar surface area (TPSA) is 63.2 Å². The third-order valence-corrected chi connectivity index (χ3v) is 4.22. The zero-order valence-electron chi connectivity index (χ0n) is 11.5. The van der Waals surface area contributed by atoms with E-state index in [2.05, 4.69) is 9.97 Å². The van der Waals surface area contributed by atoms with Crippen LogP contribution in [0.1, 0.15) is 6.92 Å². The molecule has 5 nitrogen and oxygen atoms in total. The monoisotopic (exact) mass is 297 g/mol. The molecule has 0 radical (unpaired) electrons. The van der Waals surface area contributed by atoms with Gasteiger partial charge in [-0.15, -0.1) is 0 Å². The van der Waals surface area contributed by atoms with E-state index in [4.69, 9.17) is 0 Å². The molecule has 2 aromatic rings. The van der Waals surface area contributed by atoms with E-state index < -0.39 is 15.7 Å². The van der Waals surface area contributed by atoms with Crippen LogP contribution in [0.25, 0.3) is 10.9 Å². The van der Waals surface area contributed by atoms with E-state index in [1.807, 2.05) is 0 Å². The van der Waals surface area contributed by atoms with E-state index in [-0.39, 0.29) is 11.8 Å². The lowest BCUT2D eigenvalue weighted by molar-refractivity contribution is 0.592. The Labute approximate surface area is 117 Å². The van der Waals surface area contributed by atoms with Crippen molar-refractivity contribution in [2.45, 2.75) is 13.0 Å². The van der Waals surface area contributed by atoms with E-state index in [9.17, 15) is 12.8 Å². The van der Waals surface area contributed by atoms with Crippen LogP contribution in [0.3, 0.4) is 0 Å². The first-order valence-corrected chi connectivity index (χ1v) is 8.15. The average molecular weight is 297 g/mol. The SMILES string of the molecule is C[C@H](CS(C)(=O)=O)N(C)c1ncnc2cccc(F)c12. The Bertz CT molecular complexity index is 728. The Morgan fingerprint density at radius 1 is 1.35 bits per heavy atom. The molecule has 1 aromatic heterocycles. The third-order valence-electron chi connectivity index (χ3n) is 3.13. The van der Waals surface area contributed by atoms with Crippen LogP contribution in [-0.2, 0) is 9.84 Å². The summed E-state index contributed by atoms with van der Waals surface area (Å²) >= 11 is 0. The summed E-state index contributed by atoms with van der Waals surface area (Å²) in [5, 5.41) is 0.304. The smallest absolute Gasteiger partial charge is 0.149 e. The van der Waals surface area contributed by atoms with Crippen molar-refractivity contribution < 1.29 is 12.8 Å². The fourth-order valence-electron chi connectivity index (χ4n) is 2.08. The first kappa shape index (κ1) is 14.6. The summed E-state index contributed by atoms with van der Waals surface area (Å²) in [6.07, 6.45) is 2.52. The summed E-state index contributed by atoms with van der Waals surface area (Å²) in [5.74, 6) is -0.0514. The summed E-state index contributed by atoms with van der Waals surface area (Å²) in [7, 11) is -1.42. The van der Waals surface area contributed by atoms with Crippen LogP contribution in [0.2, 0.25) is 0 Å². The molecule has 7 heteroatoms. The molecule has 0 aliphatic rings. The number of anilines is 1. The molecule has 1 heterocycles. The molecule has 2 rings (SSSR count). The van der Waals surface area contributed by atoms with Gasteiger partial charge >= 0.3 is 0 Å². The zero-order chi connectivity index (χ0) is 14.9. The van der Waals surface area contributed by atoms with E-state index in [1.165, 1.54) is 18.6 Å². The number of benzene rings is 1. The van der Waals surface area contributed by atoms with Gasteiger partial charge in [-0.25, -0.2) is 22.8 Å². The van der Waals surface area contributed by atoms with Crippen molar-refractivity contribution in [1.29, 1.82) is 0 Å². The van der Waals surface area contributed by atoms with Gasteiger partial charge in [0.25, 0.3) is 0 Å². The van der Waals surface area contributed by atoms with Crippen LogP contribution in [-0.4, -0.2) is 43.5 Å². The second-order valence-corrected chi connectivity index (χ2v) is 7.07. The molecule has 0 amide bonds. The van der Waals surface area contributed by atoms with Crippen molar-refractivity contribution in [2.24, 2.45) is 0 Å². The highest BCUT2D eigenvalue weighted by Crippen LogP contribution is 2.26. The number of rotatable bonds is 4. The molecule has 1 atom stereocenters. The van der Waals surface area contributed by atoms with Crippen molar-refractivity contribution in [1.82, 2.24) is 9.97 Å². The zero-order valence-corrected chi connectivity index (χ0v) is 12.4. The molecule has 0 fully saturated rings. The Hall–Kier alpha value is -1.76. The van der Waals surface area contributed by atoms with Crippen LogP contribution in [0, 0.1) is 5.82 Å². The number of fused-ring (bicyclic) bond motifs is 1. The molecule has 0 bridgehead atoms. The number of aromatic nitrogens is 2. The van der Waals surface area contributed by atoms with Crippen LogP contribution in [0.5, 0.6) is 0 Å². The average Bonchev–Trinajstić information content (AvgIpc) is 2.35. The lowest BCUT2D eigenvalue weighted by Gasteiger charge is -2.26. The standard InChI is InChI=1S/C13H16FN3O2S/c1-9(7-20(3,18)19)17(2)13-12-10(14)5-4-6-11(12)15-8-16-13/h4-6,8-9H,7H2,1-3H3/t9-/m1/s1. The normalized spacial score (nSPS) is 13.4. The first-order valence-electron chi connectivity index (χ1n) is 6.09. The van der Waals surface area contributed by atoms with Crippen LogP contribution >= 0.6 is 0 Å². The van der Waals surface area contributed by atoms with E-state index in [0.717, 1.165) is 0 Å². The van der Waals surface area contributed by atoms with Crippen molar-refractivity contribution in [2.75, 3.05) is 24.0 Å². The Balaban J connectivity index is 2.47. The largest absolute Gasteiger partial charge is 0.355 e. The number of nitrogens with zero attached hydrogens (tertiary/aromatic N) is 3. The lowest BCUT2D eigenvalue weighted by atomic mass is 10.2. The molecule has 108 valence electrons. The number of sulfone groups is 1. The fraction of sp³-hybridized carbons (Fsp3) is 0.385. The van der Waals surface area contributed by atoms with Crippen molar-refractivity contribution in [3.8, 4) is 0 Å². The fourth-order valence-corrected chi connectivity index (χ4v) is 3.18. The van der Waals surface area contributed by atoms with Gasteiger partial charge in [0, 0.05) is 19.3 Å². The maximum absolute atomic E-state index is 14.0. The van der Waals surface area contributed by atoms with Gasteiger partial charge in [0.15, 0.2) is 0 Å². The predicted molar refractivity (Wildman–Crippen MR) is 77.1 cm³/mol. The molecule has 0 unspecified atom stereocenters. The highest BCUT2D eigenvalue weighted by Gasteiger charge is 2.20. The maximum atomic E-state index is 14.0. The second-order valence-electron chi connectivity index (χ2n) is 4.88. The summed E-state index contributed by atoms with van der Waals surface area (Å²) < 4.78 is 36.7. The highest BCUT2D eigenvalue weighted by atomic mass is 32.2. The van der Waals surface area contributed by atoms with Gasteiger partial charge in [-0.3, -0.25) is 0 Å². The molecule has 0 aliphatic carbocycles. The van der Waals surface area contributed by atoms with Gasteiger partial charge in [-0.1, -0.05) is 6.07 Å². The molecule has 0 N–H and O–H groups in total. The Morgan fingerprint density at radius 2 is 2.05 bits per heavy atom. The second kappa shape index (κ2) is 5.32. The molecule has 0 saturated carbocycles. The predicted octanol–water partition coefficient (Wildman–Crippen LogP) is 1.64. The van der Waals surface area contributed by atoms with Gasteiger partial charge in [0.2, 0.25) is 0 Å². The first-order chi connectivity index (χ1) is 9.29. The number of hydrogen-bond donors (Lipinski definition) is 0. The van der Waals surface area contributed by atoms with Crippen LogP contribution < -0.4 is 4.90 Å². The van der Waals surface area contributed by atoms with Crippen molar-refractivity contribution in [3.05, 3.63) is 30.3 Å². The minimum atomic E-state index is -3.12.